The van der Waals surface area contributed by atoms with Gasteiger partial charge in [-0.3, -0.25) is 19.8 Å². The Balaban J connectivity index is 0.00000276. The number of halogens is 2. The highest BCUT2D eigenvalue weighted by molar-refractivity contribution is 6.04. The molecule has 5 rings (SSSR count). The largest absolute Gasteiger partial charge is 0.322 e. The van der Waals surface area contributed by atoms with Crippen molar-refractivity contribution in [1.82, 2.24) is 19.8 Å². The van der Waals surface area contributed by atoms with Gasteiger partial charge in [0, 0.05) is 64.5 Å². The van der Waals surface area contributed by atoms with E-state index in [0.717, 1.165) is 23.2 Å². The van der Waals surface area contributed by atoms with Crippen molar-refractivity contribution in [1.29, 1.82) is 0 Å². The Morgan fingerprint density at radius 2 is 1.86 bits per heavy atom. The van der Waals surface area contributed by atoms with Gasteiger partial charge in [0.25, 0.3) is 5.91 Å². The summed E-state index contributed by atoms with van der Waals surface area (Å²) in [4.78, 5) is 36.4. The second-order valence-corrected chi connectivity index (χ2v) is 10.8. The molecule has 4 aromatic rings. The van der Waals surface area contributed by atoms with Gasteiger partial charge in [0.15, 0.2) is 6.30 Å². The van der Waals surface area contributed by atoms with Gasteiger partial charge in [-0.2, -0.15) is 0 Å². The van der Waals surface area contributed by atoms with Crippen molar-refractivity contribution in [3.63, 3.8) is 0 Å². The maximum absolute atomic E-state index is 14.7. The van der Waals surface area contributed by atoms with Gasteiger partial charge < -0.3 is 10.2 Å². The smallest absolute Gasteiger partial charge is 0.255 e. The molecule has 1 atom stereocenters. The number of nitrogens with one attached hydrogen (secondary N) is 2. The third kappa shape index (κ3) is 7.20. The molecule has 1 aromatic heterocycles. The van der Waals surface area contributed by atoms with E-state index >= 15 is 0 Å². The fourth-order valence-corrected chi connectivity index (χ4v) is 4.87. The van der Waals surface area contributed by atoms with E-state index in [1.165, 1.54) is 19.2 Å². The molecule has 3 aromatic carbocycles. The van der Waals surface area contributed by atoms with Gasteiger partial charge >= 0.3 is 0 Å². The zero-order chi connectivity index (χ0) is 30.7. The van der Waals surface area contributed by atoms with Crippen LogP contribution in [0.15, 0.2) is 54.7 Å². The quantitative estimate of drug-likeness (QED) is 0.236. The molecule has 1 unspecified atom stereocenters. The summed E-state index contributed by atoms with van der Waals surface area (Å²) in [6.07, 6.45) is 0.308. The Kier molecular flexibility index (Phi) is 8.76. The van der Waals surface area contributed by atoms with E-state index in [1.807, 2.05) is 55.0 Å². The minimum Gasteiger partial charge on any atom is -0.322 e. The van der Waals surface area contributed by atoms with Gasteiger partial charge in [-0.1, -0.05) is 24.0 Å². The number of piperazine rings is 1. The lowest BCUT2D eigenvalue weighted by atomic mass is 10.0. The number of carbonyl (C=O) groups excluding carboxylic acids is 2. The Morgan fingerprint density at radius 1 is 1.05 bits per heavy atom. The number of carbonyl (C=O) groups is 2. The third-order valence-corrected chi connectivity index (χ3v) is 7.38. The van der Waals surface area contributed by atoms with E-state index in [9.17, 15) is 18.4 Å². The lowest BCUT2D eigenvalue weighted by molar-refractivity contribution is -0.114. The molecular formula is C33H36F2N6O2. The van der Waals surface area contributed by atoms with Gasteiger partial charge in [0.1, 0.15) is 5.82 Å². The molecule has 1 fully saturated rings. The molecule has 10 heteroatoms. The molecule has 2 heterocycles. The minimum atomic E-state index is -1.01. The average Bonchev–Trinajstić information content (AvgIpc) is 2.94. The van der Waals surface area contributed by atoms with Crippen molar-refractivity contribution in [3.8, 4) is 11.8 Å². The first-order valence-corrected chi connectivity index (χ1v) is 13.9. The van der Waals surface area contributed by atoms with Crippen molar-refractivity contribution >= 4 is 34.4 Å². The summed E-state index contributed by atoms with van der Waals surface area (Å²) < 4.78 is 29.2. The van der Waals surface area contributed by atoms with E-state index in [0.29, 0.717) is 47.5 Å². The predicted molar refractivity (Wildman–Crippen MR) is 167 cm³/mol. The number of hydrogen-bond donors (Lipinski definition) is 2. The van der Waals surface area contributed by atoms with E-state index in [-0.39, 0.29) is 26.0 Å². The normalized spacial score (nSPS) is 15.5. The van der Waals surface area contributed by atoms with Crippen molar-refractivity contribution < 1.29 is 21.2 Å². The highest BCUT2D eigenvalue weighted by Gasteiger charge is 2.25. The van der Waals surface area contributed by atoms with Crippen LogP contribution in [0.25, 0.3) is 10.9 Å². The zero-order valence-corrected chi connectivity index (χ0v) is 24.5. The van der Waals surface area contributed by atoms with E-state index < -0.39 is 12.1 Å². The Labute approximate surface area is 252 Å². The first kappa shape index (κ1) is 29.8. The predicted octanol–water partition coefficient (Wildman–Crippen LogP) is 5.53. The molecule has 0 bridgehead atoms. The molecule has 8 nitrogen and oxygen atoms in total. The number of rotatable bonds is 5. The fraction of sp³-hybridized carbons (Fsp3) is 0.273. The van der Waals surface area contributed by atoms with Crippen LogP contribution in [0.4, 0.5) is 20.4 Å². The van der Waals surface area contributed by atoms with Crippen LogP contribution < -0.4 is 10.6 Å². The molecular weight excluding hydrogens is 550 g/mol. The lowest BCUT2D eigenvalue weighted by Crippen LogP contribution is -2.49. The number of aryl methyl sites for hydroxylation is 2. The summed E-state index contributed by atoms with van der Waals surface area (Å²) in [6, 6.07) is 13.8. The molecule has 0 spiro atoms. The molecule has 2 N–H and O–H groups in total. The summed E-state index contributed by atoms with van der Waals surface area (Å²) in [6.45, 7) is 7.57. The molecule has 2 amide bonds. The molecule has 1 aliphatic heterocycles. The topological polar surface area (TPSA) is 90.5 Å². The number of fused-ring (bicyclic) bond motifs is 1. The third-order valence-electron chi connectivity index (χ3n) is 7.38. The number of hydrogen-bond acceptors (Lipinski definition) is 6. The number of aromatic nitrogens is 2. The summed E-state index contributed by atoms with van der Waals surface area (Å²) in [5.41, 5.74) is 5.22. The van der Waals surface area contributed by atoms with Crippen LogP contribution in [0.5, 0.6) is 0 Å². The monoisotopic (exact) mass is 586 g/mol. The van der Waals surface area contributed by atoms with Crippen molar-refractivity contribution in [2.24, 2.45) is 0 Å². The number of benzene rings is 3. The van der Waals surface area contributed by atoms with Crippen LogP contribution >= 0.6 is 0 Å². The average molecular weight is 587 g/mol. The minimum absolute atomic E-state index is 0. The lowest BCUT2D eigenvalue weighted by Gasteiger charge is -2.35. The Bertz CT molecular complexity index is 1790. The van der Waals surface area contributed by atoms with Gasteiger partial charge in [-0.05, 0) is 74.0 Å². The van der Waals surface area contributed by atoms with Crippen LogP contribution in [0.2, 0.25) is 0 Å². The van der Waals surface area contributed by atoms with E-state index in [2.05, 4.69) is 32.4 Å². The summed E-state index contributed by atoms with van der Waals surface area (Å²) in [5.74, 6) is 4.92. The van der Waals surface area contributed by atoms with Crippen LogP contribution in [-0.2, 0) is 11.3 Å². The first-order chi connectivity index (χ1) is 20.5. The number of amides is 2. The maximum atomic E-state index is 14.7. The molecule has 0 radical (unpaired) electrons. The highest BCUT2D eigenvalue weighted by atomic mass is 19.1. The number of anilines is 2. The fourth-order valence-electron chi connectivity index (χ4n) is 4.87. The van der Waals surface area contributed by atoms with Crippen LogP contribution in [0.1, 0.15) is 48.0 Å². The van der Waals surface area contributed by atoms with Crippen LogP contribution in [0.3, 0.4) is 0 Å². The van der Waals surface area contributed by atoms with Crippen molar-refractivity contribution in [2.75, 3.05) is 37.3 Å². The van der Waals surface area contributed by atoms with Crippen LogP contribution in [0, 0.1) is 31.5 Å². The second-order valence-electron chi connectivity index (χ2n) is 10.8. The molecule has 43 heavy (non-hydrogen) atoms. The Hall–Kier alpha value is -4.72. The van der Waals surface area contributed by atoms with Gasteiger partial charge in [0.2, 0.25) is 11.9 Å². The number of alkyl halides is 1. The summed E-state index contributed by atoms with van der Waals surface area (Å²) in [7, 11) is 1.92. The molecule has 0 aliphatic carbocycles. The van der Waals surface area contributed by atoms with Gasteiger partial charge in [-0.25, -0.2) is 18.7 Å². The number of likely N-dealkylation sites (N-methyl/N-ethyl adjacent to an activating group) is 1. The Morgan fingerprint density at radius 3 is 2.60 bits per heavy atom. The SMILES string of the molecule is CC(=O)Nc1ncc2c(F)cc(C#Cc3cc(C(=O)Nc4ccc(CN5CCN(C)CC5F)c(C)c4)ccc3C)cc2n1.[HH].[HH]. The zero-order valence-electron chi connectivity index (χ0n) is 24.5. The molecule has 224 valence electrons. The van der Waals surface area contributed by atoms with Crippen molar-refractivity contribution in [3.05, 3.63) is 93.9 Å². The van der Waals surface area contributed by atoms with E-state index in [1.54, 1.807) is 18.2 Å². The second kappa shape index (κ2) is 12.7. The standard InChI is InChI=1S/C33H32F2N6O2.2H2/c1-20-5-7-25(32(43)38-27-10-9-26(21(2)13-27)18-41-12-11-40(4)19-31(41)35)16-24(20)8-6-23-14-29(34)28-17-36-33(37-22(3)42)39-30(28)15-23;;/h5,7,9-10,13-17,31H,11-12,18-19H2,1-4H3,(H,38,43)(H,36,37,39,42);2*1H. The molecule has 1 saturated heterocycles. The first-order valence-electron chi connectivity index (χ1n) is 13.9. The summed E-state index contributed by atoms with van der Waals surface area (Å²) >= 11 is 0. The van der Waals surface area contributed by atoms with E-state index in [4.69, 9.17) is 0 Å². The van der Waals surface area contributed by atoms with Crippen LogP contribution in [-0.4, -0.2) is 64.6 Å². The summed E-state index contributed by atoms with van der Waals surface area (Å²) in [5, 5.41) is 5.63. The molecule has 0 saturated carbocycles. The van der Waals surface area contributed by atoms with Gasteiger partial charge in [-0.15, -0.1) is 0 Å². The maximum Gasteiger partial charge on any atom is 0.255 e. The highest BCUT2D eigenvalue weighted by Crippen LogP contribution is 2.22. The van der Waals surface area contributed by atoms with Gasteiger partial charge in [0.05, 0.1) is 10.9 Å². The number of nitrogens with zero attached hydrogens (tertiary/aromatic N) is 4. The molecule has 1 aliphatic rings. The van der Waals surface area contributed by atoms with Crippen molar-refractivity contribution in [2.45, 2.75) is 33.6 Å².